The Hall–Kier alpha value is -1.55. The second-order valence-corrected chi connectivity index (χ2v) is 4.48. The minimum absolute atomic E-state index is 0.249. The third-order valence-corrected chi connectivity index (χ3v) is 2.87. The van der Waals surface area contributed by atoms with E-state index in [0.717, 1.165) is 12.3 Å². The highest BCUT2D eigenvalue weighted by Gasteiger charge is 2.19. The van der Waals surface area contributed by atoms with Crippen LogP contribution >= 0.6 is 0 Å². The van der Waals surface area contributed by atoms with Gasteiger partial charge >= 0.3 is 5.97 Å². The number of hydrogen-bond acceptors (Lipinski definition) is 4. The molecule has 1 aliphatic carbocycles. The predicted octanol–water partition coefficient (Wildman–Crippen LogP) is 1.88. The van der Waals surface area contributed by atoms with Gasteiger partial charge < -0.3 is 14.8 Å². The molecule has 0 atom stereocenters. The van der Waals surface area contributed by atoms with Crippen molar-refractivity contribution in [3.63, 3.8) is 0 Å². The molecule has 98 valence electrons. The summed E-state index contributed by atoms with van der Waals surface area (Å²) in [6.45, 7) is 1.23. The first-order valence-electron chi connectivity index (χ1n) is 6.30. The first kappa shape index (κ1) is 12.9. The second-order valence-electron chi connectivity index (χ2n) is 4.48. The Kier molecular flexibility index (Phi) is 4.59. The van der Waals surface area contributed by atoms with Gasteiger partial charge in [0.25, 0.3) is 0 Å². The van der Waals surface area contributed by atoms with E-state index in [0.29, 0.717) is 12.6 Å². The van der Waals surface area contributed by atoms with Crippen LogP contribution in [0.3, 0.4) is 0 Å². The summed E-state index contributed by atoms with van der Waals surface area (Å²) >= 11 is 0. The van der Waals surface area contributed by atoms with E-state index in [1.165, 1.54) is 25.5 Å². The van der Waals surface area contributed by atoms with Crippen molar-refractivity contribution in [3.8, 4) is 5.75 Å². The average Bonchev–Trinajstić information content (AvgIpc) is 3.21. The van der Waals surface area contributed by atoms with Crippen molar-refractivity contribution >= 4 is 5.97 Å². The molecule has 0 heterocycles. The molecule has 0 aliphatic heterocycles. The van der Waals surface area contributed by atoms with Gasteiger partial charge in [-0.3, -0.25) is 4.79 Å². The maximum Gasteiger partial charge on any atom is 0.308 e. The molecule has 1 aliphatic rings. The minimum atomic E-state index is -0.249. The van der Waals surface area contributed by atoms with Gasteiger partial charge in [-0.05, 0) is 30.5 Å². The number of methoxy groups -OCH3 is 1. The smallest absolute Gasteiger partial charge is 0.308 e. The monoisotopic (exact) mass is 249 g/mol. The number of carbonyl (C=O) groups is 1. The van der Waals surface area contributed by atoms with Crippen molar-refractivity contribution < 1.29 is 14.3 Å². The summed E-state index contributed by atoms with van der Waals surface area (Å²) in [4.78, 5) is 10.9. The molecule has 18 heavy (non-hydrogen) atoms. The van der Waals surface area contributed by atoms with Crippen LogP contribution in [0.5, 0.6) is 5.75 Å². The van der Waals surface area contributed by atoms with Gasteiger partial charge in [0.15, 0.2) is 0 Å². The minimum Gasteiger partial charge on any atom is -0.493 e. The zero-order valence-electron chi connectivity index (χ0n) is 10.6. The third-order valence-electron chi connectivity index (χ3n) is 2.87. The Balaban J connectivity index is 1.76. The van der Waals surface area contributed by atoms with Crippen LogP contribution in [-0.4, -0.2) is 25.7 Å². The number of nitrogens with one attached hydrogen (secondary N) is 1. The fourth-order valence-corrected chi connectivity index (χ4v) is 1.65. The number of rotatable bonds is 7. The number of benzene rings is 1. The maximum absolute atomic E-state index is 10.9. The molecule has 0 aromatic heterocycles. The van der Waals surface area contributed by atoms with Crippen LogP contribution in [0.25, 0.3) is 0 Å². The van der Waals surface area contributed by atoms with Crippen molar-refractivity contribution in [2.24, 2.45) is 0 Å². The summed E-state index contributed by atoms with van der Waals surface area (Å²) < 4.78 is 10.1. The lowest BCUT2D eigenvalue weighted by molar-refractivity contribution is -0.141. The highest BCUT2D eigenvalue weighted by Crippen LogP contribution is 2.20. The number of carbonyl (C=O) groups excluding carboxylic acids is 1. The molecule has 4 nitrogen and oxygen atoms in total. The lowest BCUT2D eigenvalue weighted by atomic mass is 10.2. The topological polar surface area (TPSA) is 47.6 Å². The molecule has 1 aromatic carbocycles. The normalized spacial score (nSPS) is 14.3. The molecule has 1 saturated carbocycles. The largest absolute Gasteiger partial charge is 0.493 e. The number of esters is 1. The van der Waals surface area contributed by atoms with Crippen LogP contribution in [0.4, 0.5) is 0 Å². The lowest BCUT2D eigenvalue weighted by Gasteiger charge is -2.08. The van der Waals surface area contributed by atoms with E-state index in [2.05, 4.69) is 16.1 Å². The van der Waals surface area contributed by atoms with Crippen LogP contribution < -0.4 is 10.1 Å². The average molecular weight is 249 g/mol. The van der Waals surface area contributed by atoms with Gasteiger partial charge in [-0.2, -0.15) is 0 Å². The van der Waals surface area contributed by atoms with E-state index in [4.69, 9.17) is 4.74 Å². The fraction of sp³-hybridized carbons (Fsp3) is 0.500. The van der Waals surface area contributed by atoms with E-state index in [-0.39, 0.29) is 12.4 Å². The predicted molar refractivity (Wildman–Crippen MR) is 68.4 cm³/mol. The van der Waals surface area contributed by atoms with Crippen LogP contribution in [0.2, 0.25) is 0 Å². The number of ether oxygens (including phenoxy) is 2. The maximum atomic E-state index is 10.9. The summed E-state index contributed by atoms with van der Waals surface area (Å²) in [5.41, 5.74) is 1.21. The molecular weight excluding hydrogens is 230 g/mol. The van der Waals surface area contributed by atoms with E-state index < -0.39 is 0 Å². The van der Waals surface area contributed by atoms with Crippen LogP contribution in [0.15, 0.2) is 24.3 Å². The molecule has 0 amide bonds. The number of hydrogen-bond donors (Lipinski definition) is 1. The van der Waals surface area contributed by atoms with Gasteiger partial charge in [0.1, 0.15) is 5.75 Å². The van der Waals surface area contributed by atoms with Crippen molar-refractivity contribution in [2.75, 3.05) is 13.7 Å². The van der Waals surface area contributed by atoms with Gasteiger partial charge in [-0.1, -0.05) is 12.1 Å². The van der Waals surface area contributed by atoms with E-state index in [1.54, 1.807) is 0 Å². The summed E-state index contributed by atoms with van der Waals surface area (Å²) in [7, 11) is 1.38. The van der Waals surface area contributed by atoms with Crippen molar-refractivity contribution in [2.45, 2.75) is 31.8 Å². The van der Waals surface area contributed by atoms with Crippen LogP contribution in [0, 0.1) is 0 Å². The van der Waals surface area contributed by atoms with Gasteiger partial charge in [0.05, 0.1) is 20.1 Å². The molecule has 0 bridgehead atoms. The van der Waals surface area contributed by atoms with Gasteiger partial charge in [-0.25, -0.2) is 0 Å². The summed E-state index contributed by atoms with van der Waals surface area (Å²) in [6.07, 6.45) is 2.85. The Labute approximate surface area is 107 Å². The Bertz CT molecular complexity index is 402. The standard InChI is InChI=1S/C14H19NO3/c1-17-14(16)7-8-18-13-4-2-3-11(9-13)10-15-12-5-6-12/h2-4,9,12,15H,5-8,10H2,1H3. The van der Waals surface area contributed by atoms with Crippen LogP contribution in [-0.2, 0) is 16.1 Å². The van der Waals surface area contributed by atoms with Gasteiger partial charge in [-0.15, -0.1) is 0 Å². The van der Waals surface area contributed by atoms with E-state index in [1.807, 2.05) is 18.2 Å². The summed E-state index contributed by atoms with van der Waals surface area (Å²) in [5.74, 6) is 0.551. The Morgan fingerprint density at radius 1 is 1.44 bits per heavy atom. The zero-order valence-corrected chi connectivity index (χ0v) is 10.6. The first-order chi connectivity index (χ1) is 8.78. The fourth-order valence-electron chi connectivity index (χ4n) is 1.65. The van der Waals surface area contributed by atoms with Crippen molar-refractivity contribution in [3.05, 3.63) is 29.8 Å². The molecule has 1 aromatic rings. The summed E-state index contributed by atoms with van der Waals surface area (Å²) in [5, 5.41) is 3.45. The van der Waals surface area contributed by atoms with Gasteiger partial charge in [0, 0.05) is 12.6 Å². The quantitative estimate of drug-likeness (QED) is 0.750. The second kappa shape index (κ2) is 6.40. The molecule has 1 N–H and O–H groups in total. The molecule has 1 fully saturated rings. The first-order valence-corrected chi connectivity index (χ1v) is 6.30. The molecule has 0 spiro atoms. The van der Waals surface area contributed by atoms with Crippen LogP contribution in [0.1, 0.15) is 24.8 Å². The van der Waals surface area contributed by atoms with Crippen molar-refractivity contribution in [1.82, 2.24) is 5.32 Å². The SMILES string of the molecule is COC(=O)CCOc1cccc(CNC2CC2)c1. The zero-order chi connectivity index (χ0) is 12.8. The molecule has 0 unspecified atom stereocenters. The highest BCUT2D eigenvalue weighted by atomic mass is 16.5. The Morgan fingerprint density at radius 3 is 3.00 bits per heavy atom. The van der Waals surface area contributed by atoms with E-state index in [9.17, 15) is 4.79 Å². The lowest BCUT2D eigenvalue weighted by Crippen LogP contribution is -2.15. The third kappa shape index (κ3) is 4.37. The molecule has 2 rings (SSSR count). The van der Waals surface area contributed by atoms with E-state index >= 15 is 0 Å². The summed E-state index contributed by atoms with van der Waals surface area (Å²) in [6, 6.07) is 8.65. The van der Waals surface area contributed by atoms with Gasteiger partial charge in [0.2, 0.25) is 0 Å². The molecule has 0 radical (unpaired) electrons. The highest BCUT2D eigenvalue weighted by molar-refractivity contribution is 5.69. The molecule has 0 saturated heterocycles. The van der Waals surface area contributed by atoms with Crippen molar-refractivity contribution in [1.29, 1.82) is 0 Å². The molecular formula is C14H19NO3. The molecule has 4 heteroatoms. The Morgan fingerprint density at radius 2 is 2.28 bits per heavy atom.